The third-order valence-electron chi connectivity index (χ3n) is 6.13. The van der Waals surface area contributed by atoms with Gasteiger partial charge in [-0.15, -0.1) is 11.8 Å². The average molecular weight is 494 g/mol. The number of halogens is 3. The quantitative estimate of drug-likeness (QED) is 0.366. The van der Waals surface area contributed by atoms with Crippen LogP contribution in [-0.4, -0.2) is 8.42 Å². The van der Waals surface area contributed by atoms with Crippen LogP contribution in [0.15, 0.2) is 58.3 Å². The summed E-state index contributed by atoms with van der Waals surface area (Å²) in [6.07, 6.45) is -4.63. The minimum Gasteiger partial charge on any atom is -0.278 e. The van der Waals surface area contributed by atoms with Gasteiger partial charge >= 0.3 is 6.18 Å². The fraction of sp³-hybridized carbons (Fsp3) is 0.280. The highest BCUT2D eigenvalue weighted by atomic mass is 32.2. The van der Waals surface area contributed by atoms with Gasteiger partial charge in [0.2, 0.25) is 0 Å². The van der Waals surface area contributed by atoms with Gasteiger partial charge in [-0.2, -0.15) is 13.2 Å². The van der Waals surface area contributed by atoms with Crippen LogP contribution in [0.1, 0.15) is 38.9 Å². The minimum atomic E-state index is -4.63. The average Bonchev–Trinajstić information content (AvgIpc) is 2.76. The number of nitrogens with one attached hydrogen (secondary N) is 1. The number of rotatable bonds is 6. The molecular weight excluding hydrogens is 467 g/mol. The Bertz CT molecular complexity index is 1270. The largest absolute Gasteiger partial charge is 0.416 e. The lowest BCUT2D eigenvalue weighted by atomic mass is 9.90. The molecule has 8 heteroatoms. The van der Waals surface area contributed by atoms with E-state index in [1.807, 2.05) is 0 Å². The van der Waals surface area contributed by atoms with Crippen molar-refractivity contribution in [3.05, 3.63) is 87.5 Å². The Kier molecular flexibility index (Phi) is 7.19. The molecule has 0 aliphatic carbocycles. The summed E-state index contributed by atoms with van der Waals surface area (Å²) in [7, 11) is -4.20. The first-order chi connectivity index (χ1) is 15.3. The standard InChI is InChI=1S/C25H26F3NO2S2/c1-15-16(2)18(4)22(19(5)17(15)3)14-32-24-12-7-6-11-23(24)29-33(30,31)21-10-8-9-20(13-21)25(26,27)28/h6-13,29H,14H2,1-5H3. The molecule has 3 aromatic rings. The first-order valence-electron chi connectivity index (χ1n) is 10.3. The van der Waals surface area contributed by atoms with E-state index in [4.69, 9.17) is 0 Å². The Balaban J connectivity index is 1.90. The molecule has 0 atom stereocenters. The topological polar surface area (TPSA) is 46.2 Å². The zero-order chi connectivity index (χ0) is 24.6. The second-order valence-electron chi connectivity index (χ2n) is 8.02. The second kappa shape index (κ2) is 9.43. The molecule has 0 aromatic heterocycles. The van der Waals surface area contributed by atoms with Crippen LogP contribution in [0.4, 0.5) is 18.9 Å². The monoisotopic (exact) mass is 493 g/mol. The highest BCUT2D eigenvalue weighted by Gasteiger charge is 2.31. The SMILES string of the molecule is Cc1c(C)c(C)c(CSc2ccccc2NS(=O)(=O)c2cccc(C(F)(F)F)c2)c(C)c1C. The second-order valence-corrected chi connectivity index (χ2v) is 10.7. The van der Waals surface area contributed by atoms with E-state index >= 15 is 0 Å². The van der Waals surface area contributed by atoms with E-state index in [1.54, 1.807) is 24.3 Å². The van der Waals surface area contributed by atoms with Crippen molar-refractivity contribution in [2.45, 2.75) is 56.3 Å². The van der Waals surface area contributed by atoms with Gasteiger partial charge in [0.25, 0.3) is 10.0 Å². The molecular formula is C25H26F3NO2S2. The molecule has 0 radical (unpaired) electrons. The van der Waals surface area contributed by atoms with Crippen LogP contribution >= 0.6 is 11.8 Å². The maximum atomic E-state index is 13.0. The first-order valence-corrected chi connectivity index (χ1v) is 12.8. The van der Waals surface area contributed by atoms with Crippen molar-refractivity contribution < 1.29 is 21.6 Å². The molecule has 1 N–H and O–H groups in total. The summed E-state index contributed by atoms with van der Waals surface area (Å²) in [5.41, 5.74) is 6.71. The molecule has 33 heavy (non-hydrogen) atoms. The van der Waals surface area contributed by atoms with Crippen LogP contribution < -0.4 is 4.72 Å². The number of para-hydroxylation sites is 1. The molecule has 0 bridgehead atoms. The molecule has 3 rings (SSSR count). The summed E-state index contributed by atoms with van der Waals surface area (Å²) >= 11 is 1.49. The van der Waals surface area contributed by atoms with Crippen LogP contribution in [-0.2, 0) is 22.0 Å². The molecule has 3 aromatic carbocycles. The van der Waals surface area contributed by atoms with Gasteiger partial charge in [-0.3, -0.25) is 4.72 Å². The number of anilines is 1. The highest BCUT2D eigenvalue weighted by Crippen LogP contribution is 2.36. The molecule has 0 saturated carbocycles. The van der Waals surface area contributed by atoms with Gasteiger partial charge < -0.3 is 0 Å². The summed E-state index contributed by atoms with van der Waals surface area (Å²) in [6, 6.07) is 10.6. The summed E-state index contributed by atoms with van der Waals surface area (Å²) in [5.74, 6) is 0.641. The van der Waals surface area contributed by atoms with Gasteiger partial charge in [0.1, 0.15) is 0 Å². The predicted octanol–water partition coefficient (Wildman–Crippen LogP) is 7.34. The normalized spacial score (nSPS) is 12.1. The van der Waals surface area contributed by atoms with Gasteiger partial charge in [-0.05, 0) is 98.3 Å². The Hall–Kier alpha value is -2.45. The van der Waals surface area contributed by atoms with Gasteiger partial charge in [-0.1, -0.05) is 18.2 Å². The van der Waals surface area contributed by atoms with Crippen molar-refractivity contribution in [1.29, 1.82) is 0 Å². The zero-order valence-electron chi connectivity index (χ0n) is 19.1. The first kappa shape index (κ1) is 25.2. The lowest BCUT2D eigenvalue weighted by Crippen LogP contribution is -2.15. The summed E-state index contributed by atoms with van der Waals surface area (Å²) < 4.78 is 67.3. The van der Waals surface area contributed by atoms with E-state index in [0.717, 1.165) is 18.2 Å². The van der Waals surface area contributed by atoms with E-state index in [0.29, 0.717) is 22.4 Å². The molecule has 3 nitrogen and oxygen atoms in total. The smallest absolute Gasteiger partial charge is 0.278 e. The molecule has 0 amide bonds. The number of sulfonamides is 1. The Morgan fingerprint density at radius 1 is 0.818 bits per heavy atom. The van der Waals surface area contributed by atoms with Crippen LogP contribution in [0.2, 0.25) is 0 Å². The molecule has 0 fully saturated rings. The number of benzene rings is 3. The highest BCUT2D eigenvalue weighted by molar-refractivity contribution is 7.98. The zero-order valence-corrected chi connectivity index (χ0v) is 20.7. The van der Waals surface area contributed by atoms with Crippen molar-refractivity contribution in [3.63, 3.8) is 0 Å². The Morgan fingerprint density at radius 3 is 2.00 bits per heavy atom. The van der Waals surface area contributed by atoms with E-state index in [2.05, 4.69) is 39.3 Å². The van der Waals surface area contributed by atoms with E-state index in [-0.39, 0.29) is 0 Å². The number of alkyl halides is 3. The molecule has 0 saturated heterocycles. The number of hydrogen-bond acceptors (Lipinski definition) is 3. The van der Waals surface area contributed by atoms with Gasteiger partial charge in [-0.25, -0.2) is 8.42 Å². The molecule has 176 valence electrons. The van der Waals surface area contributed by atoms with Crippen molar-refractivity contribution in [3.8, 4) is 0 Å². The molecule has 0 unspecified atom stereocenters. The maximum absolute atomic E-state index is 13.0. The minimum absolute atomic E-state index is 0.329. The van der Waals surface area contributed by atoms with Gasteiger partial charge in [0, 0.05) is 10.6 Å². The fourth-order valence-electron chi connectivity index (χ4n) is 3.66. The Labute approximate surface area is 197 Å². The molecule has 0 aliphatic heterocycles. The summed E-state index contributed by atoms with van der Waals surface area (Å²) in [5, 5.41) is 0. The summed E-state index contributed by atoms with van der Waals surface area (Å²) in [6.45, 7) is 10.5. The Morgan fingerprint density at radius 2 is 1.39 bits per heavy atom. The lowest BCUT2D eigenvalue weighted by molar-refractivity contribution is -0.137. The lowest BCUT2D eigenvalue weighted by Gasteiger charge is -2.19. The van der Waals surface area contributed by atoms with Crippen molar-refractivity contribution in [1.82, 2.24) is 0 Å². The molecule has 0 heterocycles. The van der Waals surface area contributed by atoms with E-state index in [9.17, 15) is 21.6 Å². The third kappa shape index (κ3) is 5.38. The number of thioether (sulfide) groups is 1. The fourth-order valence-corrected chi connectivity index (χ4v) is 6.04. The van der Waals surface area contributed by atoms with Gasteiger partial charge in [0.05, 0.1) is 16.1 Å². The predicted molar refractivity (Wildman–Crippen MR) is 128 cm³/mol. The third-order valence-corrected chi connectivity index (χ3v) is 8.59. The van der Waals surface area contributed by atoms with Crippen LogP contribution in [0.25, 0.3) is 0 Å². The van der Waals surface area contributed by atoms with E-state index < -0.39 is 26.7 Å². The molecule has 0 spiro atoms. The van der Waals surface area contributed by atoms with Crippen molar-refractivity contribution >= 4 is 27.5 Å². The van der Waals surface area contributed by atoms with Crippen molar-refractivity contribution in [2.75, 3.05) is 4.72 Å². The summed E-state index contributed by atoms with van der Waals surface area (Å²) in [4.78, 5) is 0.260. The van der Waals surface area contributed by atoms with Crippen LogP contribution in [0.3, 0.4) is 0 Å². The maximum Gasteiger partial charge on any atom is 0.416 e. The van der Waals surface area contributed by atoms with Crippen LogP contribution in [0, 0.1) is 34.6 Å². The molecule has 0 aliphatic rings. The van der Waals surface area contributed by atoms with Crippen molar-refractivity contribution in [2.24, 2.45) is 0 Å². The van der Waals surface area contributed by atoms with Crippen LogP contribution in [0.5, 0.6) is 0 Å². The van der Waals surface area contributed by atoms with Gasteiger partial charge in [0.15, 0.2) is 0 Å². The number of hydrogen-bond donors (Lipinski definition) is 1. The van der Waals surface area contributed by atoms with E-state index in [1.165, 1.54) is 45.1 Å².